The number of benzene rings is 4. The first-order valence-electron chi connectivity index (χ1n) is 12.0. The van der Waals surface area contributed by atoms with Gasteiger partial charge in [0.05, 0.1) is 11.4 Å². The lowest BCUT2D eigenvalue weighted by molar-refractivity contribution is -0.123. The van der Waals surface area contributed by atoms with Crippen molar-refractivity contribution in [1.82, 2.24) is 4.90 Å². The lowest BCUT2D eigenvalue weighted by Crippen LogP contribution is -2.27. The summed E-state index contributed by atoms with van der Waals surface area (Å²) in [6.45, 7) is 1.17. The minimum Gasteiger partial charge on any atom is -0.378 e. The zero-order valence-corrected chi connectivity index (χ0v) is 23.6. The van der Waals surface area contributed by atoms with Crippen LogP contribution in [-0.2, 0) is 26.3 Å². The summed E-state index contributed by atoms with van der Waals surface area (Å²) in [5.74, 6) is -1.52. The Labute approximate surface area is 243 Å². The van der Waals surface area contributed by atoms with Gasteiger partial charge in [0.25, 0.3) is 11.1 Å². The maximum Gasteiger partial charge on any atom is 0.339 e. The smallest absolute Gasteiger partial charge is 0.339 e. The molecule has 4 aromatic carbocycles. The molecule has 0 saturated carbocycles. The van der Waals surface area contributed by atoms with Gasteiger partial charge in [-0.25, -0.2) is 4.39 Å². The highest BCUT2D eigenvalue weighted by molar-refractivity contribution is 8.18. The Kier molecular flexibility index (Phi) is 7.85. The fourth-order valence-corrected chi connectivity index (χ4v) is 6.15. The fourth-order valence-electron chi connectivity index (χ4n) is 4.16. The van der Waals surface area contributed by atoms with Gasteiger partial charge in [0.2, 0.25) is 5.91 Å². The van der Waals surface area contributed by atoms with E-state index in [1.54, 1.807) is 24.3 Å². The van der Waals surface area contributed by atoms with Crippen LogP contribution in [0.4, 0.5) is 14.9 Å². The number of hydrogen-bond donors (Lipinski definition) is 1. The Bertz CT molecular complexity index is 1860. The Hall–Kier alpha value is -4.19. The number of rotatable bonds is 7. The summed E-state index contributed by atoms with van der Waals surface area (Å²) in [5.41, 5.74) is 1.09. The maximum absolute atomic E-state index is 13.5. The summed E-state index contributed by atoms with van der Waals surface area (Å²) in [6.07, 6.45) is 1.42. The standard InChI is InChI=1S/C29H20ClFN2O6S2/c1-17(34)32-21-9-11-22(12-10-21)41(37,38)39-26-13-7-18-4-2-3-5-23(18)24(26)15-27-28(35)33(29(36)40-27)16-19-6-8-20(31)14-25(19)30/h2-15H,16H2,1H3,(H,32,34)/b27-15-. The van der Waals surface area contributed by atoms with E-state index in [1.807, 2.05) is 6.07 Å². The van der Waals surface area contributed by atoms with E-state index in [1.165, 1.54) is 55.5 Å². The van der Waals surface area contributed by atoms with Crippen molar-refractivity contribution in [1.29, 1.82) is 0 Å². The largest absolute Gasteiger partial charge is 0.378 e. The van der Waals surface area contributed by atoms with Gasteiger partial charge in [0.1, 0.15) is 10.7 Å². The number of carbonyl (C=O) groups excluding carboxylic acids is 3. The molecule has 0 aromatic heterocycles. The molecule has 41 heavy (non-hydrogen) atoms. The Morgan fingerprint density at radius 1 is 1.05 bits per heavy atom. The van der Waals surface area contributed by atoms with Crippen LogP contribution in [-0.4, -0.2) is 30.4 Å². The molecule has 0 unspecified atom stereocenters. The molecule has 8 nitrogen and oxygen atoms in total. The maximum atomic E-state index is 13.5. The predicted molar refractivity (Wildman–Crippen MR) is 155 cm³/mol. The number of amides is 3. The second kappa shape index (κ2) is 11.4. The molecule has 0 bridgehead atoms. The van der Waals surface area contributed by atoms with Crippen molar-refractivity contribution >= 4 is 73.1 Å². The van der Waals surface area contributed by atoms with E-state index in [4.69, 9.17) is 15.8 Å². The molecule has 12 heteroatoms. The third kappa shape index (κ3) is 6.12. The summed E-state index contributed by atoms with van der Waals surface area (Å²) in [5, 5.41) is 3.42. The molecule has 1 aliphatic rings. The summed E-state index contributed by atoms with van der Waals surface area (Å²) >= 11 is 6.78. The van der Waals surface area contributed by atoms with Crippen LogP contribution in [0, 0.1) is 5.82 Å². The summed E-state index contributed by atoms with van der Waals surface area (Å²) in [4.78, 5) is 38.2. The third-order valence-corrected chi connectivity index (χ3v) is 8.59. The number of carbonyl (C=O) groups is 3. The monoisotopic (exact) mass is 610 g/mol. The van der Waals surface area contributed by atoms with Crippen molar-refractivity contribution in [2.45, 2.75) is 18.4 Å². The van der Waals surface area contributed by atoms with Gasteiger partial charge in [0.15, 0.2) is 5.75 Å². The van der Waals surface area contributed by atoms with Crippen molar-refractivity contribution in [2.75, 3.05) is 5.32 Å². The first kappa shape index (κ1) is 28.3. The lowest BCUT2D eigenvalue weighted by Gasteiger charge is -2.14. The van der Waals surface area contributed by atoms with Gasteiger partial charge < -0.3 is 9.50 Å². The summed E-state index contributed by atoms with van der Waals surface area (Å²) < 4.78 is 45.4. The SMILES string of the molecule is CC(=O)Nc1ccc(S(=O)(=O)Oc2ccc3ccccc3c2/C=C2\SC(=O)N(Cc3ccc(F)cc3Cl)C2=O)cc1. The van der Waals surface area contributed by atoms with Crippen LogP contribution in [0.5, 0.6) is 5.75 Å². The molecular weight excluding hydrogens is 591 g/mol. The molecule has 3 amide bonds. The van der Waals surface area contributed by atoms with Crippen LogP contribution in [0.15, 0.2) is 88.7 Å². The average Bonchev–Trinajstić information content (AvgIpc) is 3.18. The second-order valence-electron chi connectivity index (χ2n) is 8.95. The van der Waals surface area contributed by atoms with E-state index in [9.17, 15) is 27.2 Å². The van der Waals surface area contributed by atoms with Gasteiger partial charge in [0, 0.05) is 23.2 Å². The minimum atomic E-state index is -4.32. The van der Waals surface area contributed by atoms with Gasteiger partial charge in [-0.05, 0) is 76.6 Å². The van der Waals surface area contributed by atoms with E-state index in [0.717, 1.165) is 16.4 Å². The molecule has 1 heterocycles. The van der Waals surface area contributed by atoms with Gasteiger partial charge in [-0.2, -0.15) is 8.42 Å². The molecule has 208 valence electrons. The fraction of sp³-hybridized carbons (Fsp3) is 0.0690. The van der Waals surface area contributed by atoms with Crippen molar-refractivity contribution < 1.29 is 31.4 Å². The van der Waals surface area contributed by atoms with E-state index >= 15 is 0 Å². The number of hydrogen-bond acceptors (Lipinski definition) is 7. The quantitative estimate of drug-likeness (QED) is 0.186. The topological polar surface area (TPSA) is 110 Å². The molecule has 1 saturated heterocycles. The van der Waals surface area contributed by atoms with Crippen LogP contribution >= 0.6 is 23.4 Å². The van der Waals surface area contributed by atoms with Crippen LogP contribution in [0.1, 0.15) is 18.1 Å². The lowest BCUT2D eigenvalue weighted by atomic mass is 10.0. The van der Waals surface area contributed by atoms with E-state index in [0.29, 0.717) is 28.4 Å². The van der Waals surface area contributed by atoms with Gasteiger partial charge in [-0.1, -0.05) is 48.0 Å². The highest BCUT2D eigenvalue weighted by atomic mass is 35.5. The molecule has 4 aromatic rings. The molecular formula is C29H20ClFN2O6S2. The molecule has 5 rings (SSSR count). The molecule has 0 spiro atoms. The van der Waals surface area contributed by atoms with Crippen LogP contribution in [0.2, 0.25) is 5.02 Å². The highest BCUT2D eigenvalue weighted by Gasteiger charge is 2.36. The number of thioether (sulfide) groups is 1. The van der Waals surface area contributed by atoms with E-state index in [-0.39, 0.29) is 38.6 Å². The summed E-state index contributed by atoms with van der Waals surface area (Å²) in [7, 11) is -4.32. The third-order valence-electron chi connectivity index (χ3n) is 6.09. The van der Waals surface area contributed by atoms with Crippen molar-refractivity contribution in [3.05, 3.63) is 106 Å². The molecule has 0 aliphatic carbocycles. The number of nitrogens with one attached hydrogen (secondary N) is 1. The first-order valence-corrected chi connectivity index (χ1v) is 14.7. The van der Waals surface area contributed by atoms with Crippen LogP contribution < -0.4 is 9.50 Å². The zero-order chi connectivity index (χ0) is 29.3. The van der Waals surface area contributed by atoms with Crippen LogP contribution in [0.25, 0.3) is 16.8 Å². The van der Waals surface area contributed by atoms with E-state index < -0.39 is 27.1 Å². The molecule has 1 fully saturated rings. The van der Waals surface area contributed by atoms with Gasteiger partial charge >= 0.3 is 10.1 Å². The second-order valence-corrected chi connectivity index (χ2v) is 11.9. The predicted octanol–water partition coefficient (Wildman–Crippen LogP) is 6.59. The van der Waals surface area contributed by atoms with Crippen LogP contribution in [0.3, 0.4) is 0 Å². The van der Waals surface area contributed by atoms with Crippen molar-refractivity contribution in [3.63, 3.8) is 0 Å². The summed E-state index contributed by atoms with van der Waals surface area (Å²) in [6, 6.07) is 19.4. The average molecular weight is 611 g/mol. The number of anilines is 1. The number of imide groups is 1. The van der Waals surface area contributed by atoms with Crippen molar-refractivity contribution in [2.24, 2.45) is 0 Å². The number of halogens is 2. The molecule has 1 aliphatic heterocycles. The van der Waals surface area contributed by atoms with E-state index in [2.05, 4.69) is 5.32 Å². The van der Waals surface area contributed by atoms with Gasteiger partial charge in [-0.15, -0.1) is 0 Å². The number of nitrogens with zero attached hydrogens (tertiary/aromatic N) is 1. The highest BCUT2D eigenvalue weighted by Crippen LogP contribution is 2.38. The molecule has 1 N–H and O–H groups in total. The molecule has 0 radical (unpaired) electrons. The Morgan fingerprint density at radius 2 is 1.78 bits per heavy atom. The number of fused-ring (bicyclic) bond motifs is 1. The zero-order valence-electron chi connectivity index (χ0n) is 21.3. The first-order chi connectivity index (χ1) is 19.5. The van der Waals surface area contributed by atoms with Crippen molar-refractivity contribution in [3.8, 4) is 5.75 Å². The normalized spacial score (nSPS) is 14.6. The minimum absolute atomic E-state index is 0.0477. The molecule has 0 atom stereocenters. The Morgan fingerprint density at radius 3 is 2.49 bits per heavy atom. The van der Waals surface area contributed by atoms with Gasteiger partial charge in [-0.3, -0.25) is 19.3 Å². The Balaban J connectivity index is 1.50.